The van der Waals surface area contributed by atoms with E-state index < -0.39 is 6.04 Å². The lowest BCUT2D eigenvalue weighted by Crippen LogP contribution is -2.50. The van der Waals surface area contributed by atoms with Gasteiger partial charge in [0.1, 0.15) is 6.04 Å². The van der Waals surface area contributed by atoms with Crippen LogP contribution in [0, 0.1) is 5.92 Å². The average Bonchev–Trinajstić information content (AvgIpc) is 2.68. The molecule has 1 atom stereocenters. The van der Waals surface area contributed by atoms with E-state index in [4.69, 9.17) is 0 Å². The Morgan fingerprint density at radius 3 is 2.43 bits per heavy atom. The Morgan fingerprint density at radius 1 is 1.04 bits per heavy atom. The van der Waals surface area contributed by atoms with E-state index >= 15 is 0 Å². The van der Waals surface area contributed by atoms with Crippen molar-refractivity contribution in [2.45, 2.75) is 39.2 Å². The molecule has 28 heavy (non-hydrogen) atoms. The third-order valence-corrected chi connectivity index (χ3v) is 4.53. The minimum atomic E-state index is -0.619. The molecule has 6 heteroatoms. The van der Waals surface area contributed by atoms with Gasteiger partial charge in [-0.15, -0.1) is 0 Å². The van der Waals surface area contributed by atoms with Crippen molar-refractivity contribution < 1.29 is 19.1 Å². The molecule has 0 saturated carbocycles. The van der Waals surface area contributed by atoms with Crippen LogP contribution in [0.5, 0.6) is 0 Å². The minimum absolute atomic E-state index is 0.0545. The first-order valence-corrected chi connectivity index (χ1v) is 9.52. The molecule has 0 bridgehead atoms. The molecule has 0 aliphatic heterocycles. The van der Waals surface area contributed by atoms with Gasteiger partial charge in [-0.05, 0) is 28.7 Å². The number of nitrogens with one attached hydrogen (secondary N) is 2. The molecule has 2 amide bonds. The molecule has 0 spiro atoms. The summed E-state index contributed by atoms with van der Waals surface area (Å²) in [6, 6.07) is 13.3. The van der Waals surface area contributed by atoms with Crippen LogP contribution in [-0.2, 0) is 25.5 Å². The molecule has 0 aliphatic carbocycles. The number of esters is 1. The SMILES string of the molecule is COC(=O)CCCNC(=O)C(NC(=O)Cc1ccc2ccccc2c1)C(C)C. The van der Waals surface area contributed by atoms with Crippen LogP contribution in [0.2, 0.25) is 0 Å². The molecule has 2 aromatic rings. The van der Waals surface area contributed by atoms with Crippen LogP contribution in [0.25, 0.3) is 10.8 Å². The van der Waals surface area contributed by atoms with E-state index in [0.717, 1.165) is 16.3 Å². The van der Waals surface area contributed by atoms with E-state index in [-0.39, 0.29) is 36.5 Å². The maximum absolute atomic E-state index is 12.5. The summed E-state index contributed by atoms with van der Waals surface area (Å²) in [4.78, 5) is 36.0. The number of rotatable bonds is 9. The summed E-state index contributed by atoms with van der Waals surface area (Å²) >= 11 is 0. The molecule has 0 fully saturated rings. The molecule has 0 radical (unpaired) electrons. The molecule has 0 aromatic heterocycles. The van der Waals surface area contributed by atoms with Gasteiger partial charge in [-0.2, -0.15) is 0 Å². The zero-order valence-electron chi connectivity index (χ0n) is 16.7. The van der Waals surface area contributed by atoms with Crippen molar-refractivity contribution >= 4 is 28.6 Å². The molecule has 2 aromatic carbocycles. The molecular formula is C22H28N2O4. The lowest BCUT2D eigenvalue weighted by molar-refractivity contribution is -0.140. The van der Waals surface area contributed by atoms with Gasteiger partial charge in [-0.3, -0.25) is 14.4 Å². The van der Waals surface area contributed by atoms with Crippen LogP contribution in [-0.4, -0.2) is 37.5 Å². The van der Waals surface area contributed by atoms with Gasteiger partial charge in [0.05, 0.1) is 13.5 Å². The summed E-state index contributed by atoms with van der Waals surface area (Å²) in [7, 11) is 1.33. The first-order valence-electron chi connectivity index (χ1n) is 9.52. The van der Waals surface area contributed by atoms with Crippen molar-refractivity contribution in [3.05, 3.63) is 48.0 Å². The lowest BCUT2D eigenvalue weighted by Gasteiger charge is -2.21. The highest BCUT2D eigenvalue weighted by Crippen LogP contribution is 2.16. The van der Waals surface area contributed by atoms with E-state index in [2.05, 4.69) is 15.4 Å². The van der Waals surface area contributed by atoms with Crippen molar-refractivity contribution in [1.82, 2.24) is 10.6 Å². The van der Waals surface area contributed by atoms with E-state index in [0.29, 0.717) is 13.0 Å². The Kier molecular flexibility index (Phi) is 7.99. The van der Waals surface area contributed by atoms with Crippen LogP contribution in [0.4, 0.5) is 0 Å². The first-order chi connectivity index (χ1) is 13.4. The molecule has 2 rings (SSSR count). The number of hydrogen-bond acceptors (Lipinski definition) is 4. The number of methoxy groups -OCH3 is 1. The Labute approximate surface area is 165 Å². The molecule has 0 heterocycles. The standard InChI is InChI=1S/C22H28N2O4/c1-15(2)21(22(27)23-12-6-9-20(26)28-3)24-19(25)14-16-10-11-17-7-4-5-8-18(17)13-16/h4-5,7-8,10-11,13,15,21H,6,9,12,14H2,1-3H3,(H,23,27)(H,24,25). The number of hydrogen-bond donors (Lipinski definition) is 2. The van der Waals surface area contributed by atoms with Gasteiger partial charge in [0.15, 0.2) is 0 Å². The molecule has 6 nitrogen and oxygen atoms in total. The van der Waals surface area contributed by atoms with Crippen LogP contribution in [0.15, 0.2) is 42.5 Å². The highest BCUT2D eigenvalue weighted by atomic mass is 16.5. The zero-order chi connectivity index (χ0) is 20.5. The first kappa shape index (κ1) is 21.4. The monoisotopic (exact) mass is 384 g/mol. The van der Waals surface area contributed by atoms with Gasteiger partial charge in [-0.1, -0.05) is 56.3 Å². The summed E-state index contributed by atoms with van der Waals surface area (Å²) in [6.45, 7) is 4.13. The topological polar surface area (TPSA) is 84.5 Å². The quantitative estimate of drug-likeness (QED) is 0.514. The number of carbonyl (C=O) groups excluding carboxylic acids is 3. The fourth-order valence-corrected chi connectivity index (χ4v) is 2.95. The molecule has 2 N–H and O–H groups in total. The maximum atomic E-state index is 12.5. The fraction of sp³-hybridized carbons (Fsp3) is 0.409. The van der Waals surface area contributed by atoms with Crippen LogP contribution >= 0.6 is 0 Å². The second-order valence-electron chi connectivity index (χ2n) is 7.12. The second kappa shape index (κ2) is 10.4. The summed E-state index contributed by atoms with van der Waals surface area (Å²) in [5.41, 5.74) is 0.900. The lowest BCUT2D eigenvalue weighted by atomic mass is 10.0. The molecule has 1 unspecified atom stereocenters. The normalized spacial score (nSPS) is 11.9. The third-order valence-electron chi connectivity index (χ3n) is 4.53. The number of amides is 2. The highest BCUT2D eigenvalue weighted by Gasteiger charge is 2.23. The zero-order valence-corrected chi connectivity index (χ0v) is 16.7. The largest absolute Gasteiger partial charge is 0.469 e. The maximum Gasteiger partial charge on any atom is 0.305 e. The van der Waals surface area contributed by atoms with Crippen LogP contribution < -0.4 is 10.6 Å². The van der Waals surface area contributed by atoms with E-state index in [1.165, 1.54) is 7.11 Å². The molecular weight excluding hydrogens is 356 g/mol. The highest BCUT2D eigenvalue weighted by molar-refractivity contribution is 5.89. The number of benzene rings is 2. The van der Waals surface area contributed by atoms with Crippen LogP contribution in [0.1, 0.15) is 32.3 Å². The Bertz CT molecular complexity index is 832. The van der Waals surface area contributed by atoms with Gasteiger partial charge in [0, 0.05) is 13.0 Å². The smallest absolute Gasteiger partial charge is 0.305 e. The summed E-state index contributed by atoms with van der Waals surface area (Å²) in [6.07, 6.45) is 0.954. The van der Waals surface area contributed by atoms with Crippen molar-refractivity contribution in [2.24, 2.45) is 5.92 Å². The Hall–Kier alpha value is -2.89. The van der Waals surface area contributed by atoms with Gasteiger partial charge in [0.25, 0.3) is 0 Å². The Morgan fingerprint density at radius 2 is 1.75 bits per heavy atom. The molecule has 0 saturated heterocycles. The minimum Gasteiger partial charge on any atom is -0.469 e. The van der Waals surface area contributed by atoms with E-state index in [1.54, 1.807) is 0 Å². The van der Waals surface area contributed by atoms with Gasteiger partial charge >= 0.3 is 5.97 Å². The third kappa shape index (κ3) is 6.37. The average molecular weight is 384 g/mol. The Balaban J connectivity index is 1.90. The predicted octanol–water partition coefficient (Wildman–Crippen LogP) is 2.59. The fourth-order valence-electron chi connectivity index (χ4n) is 2.95. The van der Waals surface area contributed by atoms with Gasteiger partial charge in [-0.25, -0.2) is 0 Å². The van der Waals surface area contributed by atoms with E-state index in [1.807, 2.05) is 56.3 Å². The summed E-state index contributed by atoms with van der Waals surface area (Å²) < 4.78 is 4.57. The summed E-state index contributed by atoms with van der Waals surface area (Å²) in [5.74, 6) is -0.801. The van der Waals surface area contributed by atoms with Crippen molar-refractivity contribution in [2.75, 3.05) is 13.7 Å². The molecule has 150 valence electrons. The number of ether oxygens (including phenoxy) is 1. The second-order valence-corrected chi connectivity index (χ2v) is 7.12. The van der Waals surface area contributed by atoms with E-state index in [9.17, 15) is 14.4 Å². The summed E-state index contributed by atoms with van der Waals surface area (Å²) in [5, 5.41) is 7.81. The number of carbonyl (C=O) groups is 3. The van der Waals surface area contributed by atoms with Gasteiger partial charge in [0.2, 0.25) is 11.8 Å². The number of fused-ring (bicyclic) bond motifs is 1. The van der Waals surface area contributed by atoms with Crippen molar-refractivity contribution in [3.63, 3.8) is 0 Å². The van der Waals surface area contributed by atoms with Crippen molar-refractivity contribution in [3.8, 4) is 0 Å². The molecule has 0 aliphatic rings. The van der Waals surface area contributed by atoms with Gasteiger partial charge < -0.3 is 15.4 Å². The van der Waals surface area contributed by atoms with Crippen molar-refractivity contribution in [1.29, 1.82) is 0 Å². The predicted molar refractivity (Wildman–Crippen MR) is 109 cm³/mol. The van der Waals surface area contributed by atoms with Crippen LogP contribution in [0.3, 0.4) is 0 Å².